The zero-order valence-corrected chi connectivity index (χ0v) is 18.6. The highest BCUT2D eigenvalue weighted by Crippen LogP contribution is 2.16. The van der Waals surface area contributed by atoms with Crippen LogP contribution in [0.4, 0.5) is 0 Å². The molecule has 0 aromatic heterocycles. The maximum Gasteiger partial charge on any atom is 0.397 e. The van der Waals surface area contributed by atoms with E-state index in [0.717, 1.165) is 25.7 Å². The van der Waals surface area contributed by atoms with E-state index in [1.807, 2.05) is 0 Å². The van der Waals surface area contributed by atoms with Gasteiger partial charge in [-0.1, -0.05) is 109 Å². The lowest BCUT2D eigenvalue weighted by Crippen LogP contribution is -2.12. The van der Waals surface area contributed by atoms with Gasteiger partial charge in [0.15, 0.2) is 0 Å². The highest BCUT2D eigenvalue weighted by molar-refractivity contribution is 7.80. The lowest BCUT2D eigenvalue weighted by molar-refractivity contribution is 0.234. The van der Waals surface area contributed by atoms with Crippen LogP contribution in [0.5, 0.6) is 0 Å². The van der Waals surface area contributed by atoms with E-state index < -0.39 is 10.4 Å². The van der Waals surface area contributed by atoms with Crippen LogP contribution < -0.4 is 0 Å². The van der Waals surface area contributed by atoms with E-state index in [-0.39, 0.29) is 12.5 Å². The van der Waals surface area contributed by atoms with E-state index in [2.05, 4.69) is 30.2 Å². The standard InChI is InChI=1S/C22H44O4S/c1-3-5-7-9-10-11-12-13-14-15-16-18-20-22(19-17-8-6-4-2)21-26-27(23,24)25/h18,20,22H,3-17,19,21H2,1-2H3,(H,23,24,25)/b20-18+. The smallest absolute Gasteiger partial charge is 0.264 e. The molecule has 162 valence electrons. The van der Waals surface area contributed by atoms with Crippen molar-refractivity contribution in [1.29, 1.82) is 0 Å². The first kappa shape index (κ1) is 26.6. The van der Waals surface area contributed by atoms with Gasteiger partial charge in [0.05, 0.1) is 6.61 Å². The third-order valence-corrected chi connectivity index (χ3v) is 5.43. The van der Waals surface area contributed by atoms with Gasteiger partial charge < -0.3 is 0 Å². The van der Waals surface area contributed by atoms with Gasteiger partial charge in [-0.15, -0.1) is 0 Å². The van der Waals surface area contributed by atoms with Crippen LogP contribution >= 0.6 is 0 Å². The fourth-order valence-corrected chi connectivity index (χ4v) is 3.63. The summed E-state index contributed by atoms with van der Waals surface area (Å²) < 4.78 is 34.9. The van der Waals surface area contributed by atoms with Crippen LogP contribution in [0.2, 0.25) is 0 Å². The largest absolute Gasteiger partial charge is 0.397 e. The molecule has 0 saturated heterocycles. The first-order valence-electron chi connectivity index (χ1n) is 11.3. The first-order valence-corrected chi connectivity index (χ1v) is 12.6. The van der Waals surface area contributed by atoms with Crippen molar-refractivity contribution >= 4 is 10.4 Å². The minimum absolute atomic E-state index is 0.0412. The van der Waals surface area contributed by atoms with Gasteiger partial charge in [0.25, 0.3) is 0 Å². The molecule has 27 heavy (non-hydrogen) atoms. The van der Waals surface area contributed by atoms with Gasteiger partial charge in [-0.05, 0) is 19.3 Å². The van der Waals surface area contributed by atoms with Crippen LogP contribution in [0.15, 0.2) is 12.2 Å². The van der Waals surface area contributed by atoms with Crippen molar-refractivity contribution in [3.8, 4) is 0 Å². The van der Waals surface area contributed by atoms with Crippen LogP contribution in [0.3, 0.4) is 0 Å². The summed E-state index contributed by atoms with van der Waals surface area (Å²) in [6, 6.07) is 0. The number of hydrogen-bond acceptors (Lipinski definition) is 3. The zero-order valence-electron chi connectivity index (χ0n) is 17.8. The summed E-state index contributed by atoms with van der Waals surface area (Å²) in [6.45, 7) is 4.47. The van der Waals surface area contributed by atoms with Crippen molar-refractivity contribution in [3.05, 3.63) is 12.2 Å². The van der Waals surface area contributed by atoms with Gasteiger partial charge in [-0.2, -0.15) is 8.42 Å². The summed E-state index contributed by atoms with van der Waals surface area (Å²) in [5.41, 5.74) is 0. The van der Waals surface area contributed by atoms with E-state index in [9.17, 15) is 8.42 Å². The van der Waals surface area contributed by atoms with E-state index in [1.54, 1.807) is 0 Å². The predicted octanol–water partition coefficient (Wildman–Crippen LogP) is 7.26. The van der Waals surface area contributed by atoms with Gasteiger partial charge >= 0.3 is 10.4 Å². The molecule has 0 aliphatic rings. The fraction of sp³-hybridized carbons (Fsp3) is 0.909. The van der Waals surface area contributed by atoms with E-state index in [0.29, 0.717) is 0 Å². The second-order valence-electron chi connectivity index (χ2n) is 7.72. The van der Waals surface area contributed by atoms with Crippen molar-refractivity contribution in [2.75, 3.05) is 6.61 Å². The molecule has 1 atom stereocenters. The molecule has 0 aromatic carbocycles. The predicted molar refractivity (Wildman–Crippen MR) is 115 cm³/mol. The zero-order chi connectivity index (χ0) is 20.2. The van der Waals surface area contributed by atoms with Crippen molar-refractivity contribution < 1.29 is 17.2 Å². The Hall–Kier alpha value is -0.390. The van der Waals surface area contributed by atoms with Crippen molar-refractivity contribution in [2.24, 2.45) is 5.92 Å². The van der Waals surface area contributed by atoms with Crippen LogP contribution in [-0.2, 0) is 14.6 Å². The molecule has 1 unspecified atom stereocenters. The van der Waals surface area contributed by atoms with Crippen molar-refractivity contribution in [1.82, 2.24) is 0 Å². The Morgan fingerprint density at radius 3 is 1.78 bits per heavy atom. The monoisotopic (exact) mass is 404 g/mol. The Morgan fingerprint density at radius 2 is 1.26 bits per heavy atom. The molecule has 0 fully saturated rings. The molecule has 0 bridgehead atoms. The SMILES string of the molecule is CCCCCCCCCCCC/C=C/C(CCCCCC)COS(=O)(=O)O. The van der Waals surface area contributed by atoms with Gasteiger partial charge in [0.1, 0.15) is 0 Å². The molecule has 0 aliphatic heterocycles. The van der Waals surface area contributed by atoms with Gasteiger partial charge in [0, 0.05) is 5.92 Å². The summed E-state index contributed by atoms with van der Waals surface area (Å²) in [5.74, 6) is 0.0619. The van der Waals surface area contributed by atoms with E-state index in [1.165, 1.54) is 77.0 Å². The van der Waals surface area contributed by atoms with Crippen LogP contribution in [-0.4, -0.2) is 19.6 Å². The number of allylic oxidation sites excluding steroid dienone is 1. The molecular weight excluding hydrogens is 360 g/mol. The molecule has 0 radical (unpaired) electrons. The van der Waals surface area contributed by atoms with Gasteiger partial charge in [-0.25, -0.2) is 4.18 Å². The lowest BCUT2D eigenvalue weighted by Gasteiger charge is -2.11. The van der Waals surface area contributed by atoms with Crippen LogP contribution in [0, 0.1) is 5.92 Å². The molecule has 0 amide bonds. The molecule has 0 rings (SSSR count). The average molecular weight is 405 g/mol. The number of unbranched alkanes of at least 4 members (excludes halogenated alkanes) is 13. The fourth-order valence-electron chi connectivity index (χ4n) is 3.28. The van der Waals surface area contributed by atoms with Crippen molar-refractivity contribution in [3.63, 3.8) is 0 Å². The molecule has 5 heteroatoms. The average Bonchev–Trinajstić information content (AvgIpc) is 2.62. The molecular formula is C22H44O4S. The quantitative estimate of drug-likeness (QED) is 0.132. The maximum absolute atomic E-state index is 10.8. The lowest BCUT2D eigenvalue weighted by atomic mass is 10.00. The topological polar surface area (TPSA) is 63.6 Å². The molecule has 1 N–H and O–H groups in total. The summed E-state index contributed by atoms with van der Waals surface area (Å²) in [6.07, 6.45) is 24.1. The Labute approximate surface area is 169 Å². The Balaban J connectivity index is 3.81. The highest BCUT2D eigenvalue weighted by atomic mass is 32.3. The van der Waals surface area contributed by atoms with E-state index in [4.69, 9.17) is 4.55 Å². The minimum atomic E-state index is -4.34. The third kappa shape index (κ3) is 21.8. The summed E-state index contributed by atoms with van der Waals surface area (Å²) in [7, 11) is -4.34. The minimum Gasteiger partial charge on any atom is -0.264 e. The normalized spacial score (nSPS) is 13.4. The second kappa shape index (κ2) is 18.9. The maximum atomic E-state index is 10.8. The molecule has 0 aliphatic carbocycles. The molecule has 4 nitrogen and oxygen atoms in total. The summed E-state index contributed by atoms with van der Waals surface area (Å²) >= 11 is 0. The highest BCUT2D eigenvalue weighted by Gasteiger charge is 2.11. The molecule has 0 spiro atoms. The summed E-state index contributed by atoms with van der Waals surface area (Å²) in [5, 5.41) is 0. The molecule has 0 heterocycles. The van der Waals surface area contributed by atoms with E-state index >= 15 is 0 Å². The first-order chi connectivity index (χ1) is 13.0. The van der Waals surface area contributed by atoms with Crippen LogP contribution in [0.1, 0.15) is 117 Å². The molecule has 0 aromatic rings. The van der Waals surface area contributed by atoms with Gasteiger partial charge in [0.2, 0.25) is 0 Å². The Bertz CT molecular complexity index is 432. The Morgan fingerprint density at radius 1 is 0.778 bits per heavy atom. The third-order valence-electron chi connectivity index (χ3n) is 4.99. The van der Waals surface area contributed by atoms with Crippen molar-refractivity contribution in [2.45, 2.75) is 117 Å². The number of hydrogen-bond donors (Lipinski definition) is 1. The van der Waals surface area contributed by atoms with Gasteiger partial charge in [-0.3, -0.25) is 4.55 Å². The second-order valence-corrected chi connectivity index (χ2v) is 8.81. The van der Waals surface area contributed by atoms with Crippen LogP contribution in [0.25, 0.3) is 0 Å². The number of rotatable bonds is 20. The molecule has 0 saturated carbocycles. The summed E-state index contributed by atoms with van der Waals surface area (Å²) in [4.78, 5) is 0. The Kier molecular flexibility index (Phi) is 18.7.